The molecule has 166 valence electrons. The molecule has 2 heterocycles. The zero-order chi connectivity index (χ0) is 22.5. The zero-order valence-corrected chi connectivity index (χ0v) is 18.6. The maximum atomic E-state index is 12.7. The van der Waals surface area contributed by atoms with Crippen LogP contribution < -0.4 is 4.74 Å². The van der Waals surface area contributed by atoms with Crippen LogP contribution in [0.4, 0.5) is 4.79 Å². The first-order chi connectivity index (χ1) is 15.5. The van der Waals surface area contributed by atoms with Gasteiger partial charge in [-0.1, -0.05) is 42.0 Å². The maximum Gasteiger partial charge on any atom is 0.294 e. The molecule has 0 radical (unpaired) electrons. The summed E-state index contributed by atoms with van der Waals surface area (Å²) < 4.78 is 11.1. The fraction of sp³-hybridized carbons (Fsp3) is 0.292. The van der Waals surface area contributed by atoms with E-state index in [9.17, 15) is 14.4 Å². The van der Waals surface area contributed by atoms with E-state index in [0.29, 0.717) is 43.6 Å². The minimum atomic E-state index is -0.443. The van der Waals surface area contributed by atoms with E-state index < -0.39 is 11.1 Å². The van der Waals surface area contributed by atoms with Crippen LogP contribution in [-0.4, -0.2) is 59.7 Å². The van der Waals surface area contributed by atoms with Crippen molar-refractivity contribution in [2.45, 2.75) is 13.5 Å². The number of thioether (sulfide) groups is 1. The van der Waals surface area contributed by atoms with Crippen LogP contribution in [0.15, 0.2) is 53.4 Å². The number of imide groups is 1. The third-order valence-electron chi connectivity index (χ3n) is 5.20. The van der Waals surface area contributed by atoms with Crippen LogP contribution in [0.5, 0.6) is 5.75 Å². The molecule has 0 aromatic heterocycles. The van der Waals surface area contributed by atoms with Crippen molar-refractivity contribution < 1.29 is 23.9 Å². The third-order valence-corrected chi connectivity index (χ3v) is 6.10. The first-order valence-corrected chi connectivity index (χ1v) is 11.2. The average molecular weight is 453 g/mol. The molecule has 2 fully saturated rings. The van der Waals surface area contributed by atoms with E-state index in [2.05, 4.69) is 6.07 Å². The quantitative estimate of drug-likeness (QED) is 0.625. The average Bonchev–Trinajstić information content (AvgIpc) is 3.06. The maximum absolute atomic E-state index is 12.7. The molecule has 2 aromatic rings. The highest BCUT2D eigenvalue weighted by Crippen LogP contribution is 2.32. The van der Waals surface area contributed by atoms with Gasteiger partial charge in [0.05, 0.1) is 18.1 Å². The van der Waals surface area contributed by atoms with E-state index in [1.165, 1.54) is 5.56 Å². The SMILES string of the molecule is Cc1cccc(COc2ccc(/C=C3/SC(=O)N(CC(=O)N4CCOCC4)C3=O)cc2)c1. The number of morpholine rings is 1. The second-order valence-corrected chi connectivity index (χ2v) is 8.60. The molecule has 4 rings (SSSR count). The minimum absolute atomic E-state index is 0.242. The summed E-state index contributed by atoms with van der Waals surface area (Å²) in [5.41, 5.74) is 3.05. The van der Waals surface area contributed by atoms with Crippen molar-refractivity contribution >= 4 is 34.9 Å². The number of carbonyl (C=O) groups excluding carboxylic acids is 3. The Bertz CT molecular complexity index is 1040. The van der Waals surface area contributed by atoms with Crippen LogP contribution >= 0.6 is 11.8 Å². The summed E-state index contributed by atoms with van der Waals surface area (Å²) in [6.45, 7) is 4.16. The molecule has 0 aliphatic carbocycles. The highest BCUT2D eigenvalue weighted by atomic mass is 32.2. The van der Waals surface area contributed by atoms with E-state index in [0.717, 1.165) is 27.8 Å². The smallest absolute Gasteiger partial charge is 0.294 e. The second kappa shape index (κ2) is 10.0. The van der Waals surface area contributed by atoms with Crippen LogP contribution in [0.3, 0.4) is 0 Å². The summed E-state index contributed by atoms with van der Waals surface area (Å²) in [4.78, 5) is 40.3. The second-order valence-electron chi connectivity index (χ2n) is 7.61. The molecule has 2 aromatic carbocycles. The number of hydrogen-bond donors (Lipinski definition) is 0. The van der Waals surface area contributed by atoms with Gasteiger partial charge in [-0.25, -0.2) is 0 Å². The Morgan fingerprint density at radius 2 is 1.88 bits per heavy atom. The van der Waals surface area contributed by atoms with Crippen molar-refractivity contribution in [3.8, 4) is 5.75 Å². The molecule has 2 aliphatic heterocycles. The Balaban J connectivity index is 1.36. The number of aryl methyl sites for hydroxylation is 1. The number of benzene rings is 2. The van der Waals surface area contributed by atoms with Gasteiger partial charge in [0, 0.05) is 13.1 Å². The van der Waals surface area contributed by atoms with Crippen molar-refractivity contribution in [3.63, 3.8) is 0 Å². The normalized spacial score (nSPS) is 17.8. The first kappa shape index (κ1) is 22.1. The van der Waals surface area contributed by atoms with Gasteiger partial charge in [0.25, 0.3) is 11.1 Å². The number of nitrogens with zero attached hydrogens (tertiary/aromatic N) is 2. The lowest BCUT2D eigenvalue weighted by Crippen LogP contribution is -2.46. The van der Waals surface area contributed by atoms with Crippen LogP contribution in [0.1, 0.15) is 16.7 Å². The molecule has 0 saturated carbocycles. The lowest BCUT2D eigenvalue weighted by molar-refractivity contribution is -0.139. The Morgan fingerprint density at radius 3 is 2.59 bits per heavy atom. The fourth-order valence-corrected chi connectivity index (χ4v) is 4.30. The summed E-state index contributed by atoms with van der Waals surface area (Å²) in [5.74, 6) is 0.0289. The van der Waals surface area contributed by atoms with Gasteiger partial charge in [0.15, 0.2) is 0 Å². The molecule has 2 saturated heterocycles. The Morgan fingerprint density at radius 1 is 1.12 bits per heavy atom. The summed E-state index contributed by atoms with van der Waals surface area (Å²) in [5, 5.41) is -0.430. The van der Waals surface area contributed by atoms with Crippen molar-refractivity contribution in [3.05, 3.63) is 70.1 Å². The molecule has 7 nitrogen and oxygen atoms in total. The number of amides is 3. The van der Waals surface area contributed by atoms with E-state index >= 15 is 0 Å². The Hall–Kier alpha value is -3.10. The molecule has 0 bridgehead atoms. The van der Waals surface area contributed by atoms with Gasteiger partial charge in [0.2, 0.25) is 5.91 Å². The molecule has 0 spiro atoms. The summed E-state index contributed by atoms with van der Waals surface area (Å²) >= 11 is 0.850. The molecule has 8 heteroatoms. The van der Waals surface area contributed by atoms with Gasteiger partial charge in [-0.3, -0.25) is 19.3 Å². The number of carbonyl (C=O) groups is 3. The van der Waals surface area contributed by atoms with Crippen LogP contribution in [0, 0.1) is 6.92 Å². The molecule has 3 amide bonds. The van der Waals surface area contributed by atoms with Gasteiger partial charge < -0.3 is 14.4 Å². The van der Waals surface area contributed by atoms with E-state index in [1.54, 1.807) is 11.0 Å². The van der Waals surface area contributed by atoms with Gasteiger partial charge >= 0.3 is 0 Å². The lowest BCUT2D eigenvalue weighted by atomic mass is 10.1. The van der Waals surface area contributed by atoms with Crippen LogP contribution in [-0.2, 0) is 20.9 Å². The first-order valence-electron chi connectivity index (χ1n) is 10.4. The van der Waals surface area contributed by atoms with Crippen molar-refractivity contribution in [2.24, 2.45) is 0 Å². The van der Waals surface area contributed by atoms with Crippen molar-refractivity contribution in [1.82, 2.24) is 9.80 Å². The van der Waals surface area contributed by atoms with Gasteiger partial charge in [0.1, 0.15) is 18.9 Å². The molecule has 2 aliphatic rings. The lowest BCUT2D eigenvalue weighted by Gasteiger charge is -2.28. The van der Waals surface area contributed by atoms with E-state index in [-0.39, 0.29) is 12.5 Å². The van der Waals surface area contributed by atoms with Crippen LogP contribution in [0.2, 0.25) is 0 Å². The predicted molar refractivity (Wildman–Crippen MR) is 122 cm³/mol. The third kappa shape index (κ3) is 5.38. The minimum Gasteiger partial charge on any atom is -0.489 e. The molecule has 32 heavy (non-hydrogen) atoms. The Labute approximate surface area is 191 Å². The number of ether oxygens (including phenoxy) is 2. The monoisotopic (exact) mass is 452 g/mol. The highest BCUT2D eigenvalue weighted by molar-refractivity contribution is 8.18. The molecular weight excluding hydrogens is 428 g/mol. The number of hydrogen-bond acceptors (Lipinski definition) is 6. The van der Waals surface area contributed by atoms with Crippen molar-refractivity contribution in [2.75, 3.05) is 32.8 Å². The summed E-state index contributed by atoms with van der Waals surface area (Å²) in [7, 11) is 0. The number of rotatable bonds is 6. The largest absolute Gasteiger partial charge is 0.489 e. The van der Waals surface area contributed by atoms with E-state index in [4.69, 9.17) is 9.47 Å². The van der Waals surface area contributed by atoms with E-state index in [1.807, 2.05) is 49.4 Å². The van der Waals surface area contributed by atoms with Crippen molar-refractivity contribution in [1.29, 1.82) is 0 Å². The molecular formula is C24H24N2O5S. The topological polar surface area (TPSA) is 76.2 Å². The van der Waals surface area contributed by atoms with Gasteiger partial charge in [-0.15, -0.1) is 0 Å². The standard InChI is InChI=1S/C24H24N2O5S/c1-17-3-2-4-19(13-17)16-31-20-7-5-18(6-8-20)14-21-23(28)26(24(29)32-21)15-22(27)25-9-11-30-12-10-25/h2-8,13-14H,9-12,15-16H2,1H3/b21-14+. The summed E-state index contributed by atoms with van der Waals surface area (Å²) in [6.07, 6.45) is 1.66. The fourth-order valence-electron chi connectivity index (χ4n) is 3.46. The Kier molecular flexibility index (Phi) is 6.92. The highest BCUT2D eigenvalue weighted by Gasteiger charge is 2.37. The predicted octanol–water partition coefficient (Wildman–Crippen LogP) is 3.47. The molecule has 0 atom stereocenters. The zero-order valence-electron chi connectivity index (χ0n) is 17.8. The van der Waals surface area contributed by atoms with Gasteiger partial charge in [-0.2, -0.15) is 0 Å². The van der Waals surface area contributed by atoms with Crippen LogP contribution in [0.25, 0.3) is 6.08 Å². The molecule has 0 N–H and O–H groups in total. The van der Waals surface area contributed by atoms with Gasteiger partial charge in [-0.05, 0) is 48.0 Å². The molecule has 0 unspecified atom stereocenters. The summed E-state index contributed by atoms with van der Waals surface area (Å²) in [6, 6.07) is 15.4.